The fourth-order valence-electron chi connectivity index (χ4n) is 3.20. The van der Waals surface area contributed by atoms with Crippen molar-refractivity contribution < 1.29 is 0 Å². The van der Waals surface area contributed by atoms with Gasteiger partial charge < -0.3 is 15.2 Å². The minimum atomic E-state index is 0. The zero-order valence-electron chi connectivity index (χ0n) is 16.1. The molecule has 0 saturated heterocycles. The highest BCUT2D eigenvalue weighted by Crippen LogP contribution is 2.19. The van der Waals surface area contributed by atoms with Gasteiger partial charge in [-0.3, -0.25) is 0 Å². The molecule has 0 radical (unpaired) electrons. The number of nitrogens with zero attached hydrogens (tertiary/aromatic N) is 4. The zero-order valence-corrected chi connectivity index (χ0v) is 19.2. The van der Waals surface area contributed by atoms with Gasteiger partial charge in [0.1, 0.15) is 12.4 Å². The van der Waals surface area contributed by atoms with Crippen molar-refractivity contribution in [2.45, 2.75) is 58.2 Å². The quantitative estimate of drug-likeness (QED) is 0.366. The molecule has 0 spiro atoms. The van der Waals surface area contributed by atoms with Crippen molar-refractivity contribution in [3.8, 4) is 0 Å². The summed E-state index contributed by atoms with van der Waals surface area (Å²) in [5.74, 6) is 2.55. The van der Waals surface area contributed by atoms with Crippen LogP contribution in [0.2, 0.25) is 5.02 Å². The third-order valence-corrected chi connectivity index (χ3v) is 5.19. The molecule has 3 rings (SSSR count). The summed E-state index contributed by atoms with van der Waals surface area (Å²) in [6.07, 6.45) is 4.93. The van der Waals surface area contributed by atoms with Crippen LogP contribution in [0.4, 0.5) is 0 Å². The Morgan fingerprint density at radius 3 is 2.70 bits per heavy atom. The highest BCUT2D eigenvalue weighted by molar-refractivity contribution is 14.0. The van der Waals surface area contributed by atoms with Crippen LogP contribution in [0.15, 0.2) is 29.3 Å². The van der Waals surface area contributed by atoms with E-state index in [9.17, 15) is 0 Å². The van der Waals surface area contributed by atoms with E-state index in [2.05, 4.69) is 33.8 Å². The van der Waals surface area contributed by atoms with Crippen LogP contribution in [0.5, 0.6) is 0 Å². The van der Waals surface area contributed by atoms with E-state index in [1.54, 1.807) is 0 Å². The van der Waals surface area contributed by atoms with E-state index in [1.807, 2.05) is 36.7 Å². The highest BCUT2D eigenvalue weighted by Gasteiger charge is 2.18. The molecule has 1 fully saturated rings. The fourth-order valence-corrected chi connectivity index (χ4v) is 3.40. The normalized spacial score (nSPS) is 16.1. The monoisotopic (exact) mass is 502 g/mol. The van der Waals surface area contributed by atoms with Crippen LogP contribution in [-0.2, 0) is 13.6 Å². The third kappa shape index (κ3) is 6.07. The zero-order chi connectivity index (χ0) is 18.5. The first-order valence-corrected chi connectivity index (χ1v) is 9.58. The van der Waals surface area contributed by atoms with E-state index >= 15 is 0 Å². The van der Waals surface area contributed by atoms with E-state index in [0.717, 1.165) is 28.2 Å². The first-order chi connectivity index (χ1) is 12.5. The van der Waals surface area contributed by atoms with Gasteiger partial charge in [-0.25, -0.2) is 4.99 Å². The highest BCUT2D eigenvalue weighted by atomic mass is 127. The second-order valence-corrected chi connectivity index (χ2v) is 7.37. The second kappa shape index (κ2) is 10.3. The van der Waals surface area contributed by atoms with Crippen molar-refractivity contribution in [2.75, 3.05) is 0 Å². The Labute approximate surface area is 183 Å². The van der Waals surface area contributed by atoms with Crippen LogP contribution in [0.1, 0.15) is 55.9 Å². The van der Waals surface area contributed by atoms with Crippen molar-refractivity contribution in [1.82, 2.24) is 25.4 Å². The summed E-state index contributed by atoms with van der Waals surface area (Å²) >= 11 is 6.13. The Morgan fingerprint density at radius 1 is 1.33 bits per heavy atom. The average molecular weight is 503 g/mol. The summed E-state index contributed by atoms with van der Waals surface area (Å²) in [5.41, 5.74) is 1.13. The Morgan fingerprint density at radius 2 is 2.07 bits per heavy atom. The van der Waals surface area contributed by atoms with Crippen LogP contribution < -0.4 is 10.6 Å². The summed E-state index contributed by atoms with van der Waals surface area (Å²) in [6, 6.07) is 8.50. The predicted molar refractivity (Wildman–Crippen MR) is 121 cm³/mol. The molecule has 6 nitrogen and oxygen atoms in total. The summed E-state index contributed by atoms with van der Waals surface area (Å²) < 4.78 is 1.97. The maximum absolute atomic E-state index is 6.13. The molecular weight excluding hydrogens is 475 g/mol. The number of aliphatic imine (C=N–C) groups is 1. The first kappa shape index (κ1) is 21.9. The smallest absolute Gasteiger partial charge is 0.192 e. The largest absolute Gasteiger partial charge is 0.354 e. The third-order valence-electron chi connectivity index (χ3n) is 4.96. The molecule has 0 aliphatic heterocycles. The van der Waals surface area contributed by atoms with Gasteiger partial charge >= 0.3 is 0 Å². The minimum absolute atomic E-state index is 0. The van der Waals surface area contributed by atoms with Crippen LogP contribution in [-0.4, -0.2) is 26.8 Å². The molecule has 1 aromatic carbocycles. The SMILES string of the molecule is Cc1nnc(CN=C(NC2CCCC2)NC(C)c2cccc(Cl)c2)n1C.I. The number of nitrogens with one attached hydrogen (secondary N) is 2. The second-order valence-electron chi connectivity index (χ2n) is 6.93. The van der Waals surface area contributed by atoms with Gasteiger partial charge in [0.25, 0.3) is 0 Å². The summed E-state index contributed by atoms with van der Waals surface area (Å²) in [4.78, 5) is 4.76. The van der Waals surface area contributed by atoms with Crippen LogP contribution in [0, 0.1) is 6.92 Å². The number of aryl methyl sites for hydroxylation is 1. The lowest BCUT2D eigenvalue weighted by molar-refractivity contribution is 0.592. The molecule has 1 saturated carbocycles. The molecule has 0 amide bonds. The lowest BCUT2D eigenvalue weighted by atomic mass is 10.1. The van der Waals surface area contributed by atoms with Gasteiger partial charge in [-0.2, -0.15) is 0 Å². The summed E-state index contributed by atoms with van der Waals surface area (Å²) in [5, 5.41) is 16.1. The van der Waals surface area contributed by atoms with Crippen molar-refractivity contribution in [2.24, 2.45) is 12.0 Å². The standard InChI is InChI=1S/C19H27ClN6.HI/c1-13(15-7-6-8-16(20)11-15)22-19(23-17-9-4-5-10-17)21-12-18-25-24-14(2)26(18)3;/h6-8,11,13,17H,4-5,9-10,12H2,1-3H3,(H2,21,22,23);1H. The Bertz CT molecular complexity index is 769. The maximum Gasteiger partial charge on any atom is 0.192 e. The van der Waals surface area contributed by atoms with Gasteiger partial charge in [0, 0.05) is 18.1 Å². The molecule has 1 unspecified atom stereocenters. The molecule has 27 heavy (non-hydrogen) atoms. The molecule has 1 aromatic heterocycles. The molecule has 1 aliphatic carbocycles. The van der Waals surface area contributed by atoms with E-state index in [1.165, 1.54) is 25.7 Å². The summed E-state index contributed by atoms with van der Waals surface area (Å²) in [6.45, 7) is 4.54. The topological polar surface area (TPSA) is 67.1 Å². The summed E-state index contributed by atoms with van der Waals surface area (Å²) in [7, 11) is 1.96. The number of hydrogen-bond acceptors (Lipinski definition) is 3. The number of aromatic nitrogens is 3. The molecule has 2 aromatic rings. The van der Waals surface area contributed by atoms with Gasteiger partial charge in [-0.05, 0) is 44.4 Å². The molecule has 1 heterocycles. The number of guanidine groups is 1. The molecule has 1 atom stereocenters. The van der Waals surface area contributed by atoms with Crippen molar-refractivity contribution >= 4 is 41.5 Å². The van der Waals surface area contributed by atoms with E-state index < -0.39 is 0 Å². The molecule has 0 bridgehead atoms. The number of halogens is 2. The molecular formula is C19H28ClIN6. The van der Waals surface area contributed by atoms with Crippen LogP contribution in [0.25, 0.3) is 0 Å². The number of rotatable bonds is 5. The predicted octanol–water partition coefficient (Wildman–Crippen LogP) is 4.13. The van der Waals surface area contributed by atoms with Gasteiger partial charge in [0.2, 0.25) is 0 Å². The van der Waals surface area contributed by atoms with E-state index in [4.69, 9.17) is 16.6 Å². The van der Waals surface area contributed by atoms with Gasteiger partial charge in [-0.1, -0.05) is 36.6 Å². The Kier molecular flexibility index (Phi) is 8.34. The number of benzene rings is 1. The van der Waals surface area contributed by atoms with Gasteiger partial charge in [-0.15, -0.1) is 34.2 Å². The van der Waals surface area contributed by atoms with Crippen molar-refractivity contribution in [3.05, 3.63) is 46.5 Å². The fraction of sp³-hybridized carbons (Fsp3) is 0.526. The molecule has 148 valence electrons. The lowest BCUT2D eigenvalue weighted by Crippen LogP contribution is -2.43. The maximum atomic E-state index is 6.13. The van der Waals surface area contributed by atoms with E-state index in [-0.39, 0.29) is 30.0 Å². The van der Waals surface area contributed by atoms with Gasteiger partial charge in [0.15, 0.2) is 11.8 Å². The van der Waals surface area contributed by atoms with Crippen molar-refractivity contribution in [1.29, 1.82) is 0 Å². The Balaban J connectivity index is 0.00000261. The average Bonchev–Trinajstić information content (AvgIpc) is 3.24. The minimum Gasteiger partial charge on any atom is -0.354 e. The number of hydrogen-bond donors (Lipinski definition) is 2. The van der Waals surface area contributed by atoms with Crippen LogP contribution >= 0.6 is 35.6 Å². The molecule has 8 heteroatoms. The molecule has 2 N–H and O–H groups in total. The Hall–Kier alpha value is -1.35. The molecule has 1 aliphatic rings. The first-order valence-electron chi connectivity index (χ1n) is 9.21. The lowest BCUT2D eigenvalue weighted by Gasteiger charge is -2.22. The van der Waals surface area contributed by atoms with Crippen LogP contribution in [0.3, 0.4) is 0 Å². The van der Waals surface area contributed by atoms with E-state index in [0.29, 0.717) is 12.6 Å². The van der Waals surface area contributed by atoms with Crippen molar-refractivity contribution in [3.63, 3.8) is 0 Å². The van der Waals surface area contributed by atoms with Gasteiger partial charge in [0.05, 0.1) is 6.04 Å².